The second kappa shape index (κ2) is 5.61. The van der Waals surface area contributed by atoms with E-state index in [4.69, 9.17) is 15.2 Å². The van der Waals surface area contributed by atoms with Crippen molar-refractivity contribution in [3.63, 3.8) is 0 Å². The van der Waals surface area contributed by atoms with E-state index in [1.54, 1.807) is 12.1 Å². The third-order valence-electron chi connectivity index (χ3n) is 3.30. The van der Waals surface area contributed by atoms with Crippen LogP contribution in [0.1, 0.15) is 17.2 Å². The Morgan fingerprint density at radius 1 is 1.00 bits per heavy atom. The number of hydrogen-bond acceptors (Lipinski definition) is 3. The van der Waals surface area contributed by atoms with Gasteiger partial charge >= 0.3 is 0 Å². The summed E-state index contributed by atoms with van der Waals surface area (Å²) in [6.45, 7) is 0.961. The molecule has 2 N–H and O–H groups in total. The van der Waals surface area contributed by atoms with Crippen molar-refractivity contribution < 1.29 is 18.3 Å². The quantitative estimate of drug-likeness (QED) is 0.895. The van der Waals surface area contributed by atoms with Crippen molar-refractivity contribution in [2.24, 2.45) is 5.73 Å². The fraction of sp³-hybridized carbons (Fsp3) is 0.200. The molecule has 0 amide bonds. The highest BCUT2D eigenvalue weighted by molar-refractivity contribution is 9.10. The Morgan fingerprint density at radius 2 is 1.67 bits per heavy atom. The predicted molar refractivity (Wildman–Crippen MR) is 77.5 cm³/mol. The van der Waals surface area contributed by atoms with Crippen molar-refractivity contribution in [3.8, 4) is 11.5 Å². The molecule has 1 aliphatic rings. The fourth-order valence-electron chi connectivity index (χ4n) is 2.20. The zero-order valence-corrected chi connectivity index (χ0v) is 12.5. The molecule has 0 saturated carbocycles. The Hall–Kier alpha value is -1.66. The Bertz CT molecular complexity index is 694. The number of benzene rings is 2. The minimum absolute atomic E-state index is 0.467. The Morgan fingerprint density at radius 3 is 2.33 bits per heavy atom. The molecule has 110 valence electrons. The van der Waals surface area contributed by atoms with Gasteiger partial charge in [-0.05, 0) is 35.4 Å². The van der Waals surface area contributed by atoms with Crippen molar-refractivity contribution in [1.82, 2.24) is 0 Å². The first-order valence-electron chi connectivity index (χ1n) is 6.36. The first-order valence-corrected chi connectivity index (χ1v) is 7.15. The molecule has 1 unspecified atom stereocenters. The first-order chi connectivity index (χ1) is 10.1. The normalized spacial score (nSPS) is 14.9. The second-order valence-electron chi connectivity index (χ2n) is 4.67. The number of halogens is 3. The number of fused-ring (bicyclic) bond motifs is 1. The zero-order chi connectivity index (χ0) is 15.0. The lowest BCUT2D eigenvalue weighted by Crippen LogP contribution is -2.18. The van der Waals surface area contributed by atoms with Gasteiger partial charge in [-0.25, -0.2) is 8.78 Å². The van der Waals surface area contributed by atoms with Crippen molar-refractivity contribution >= 4 is 15.9 Å². The average Bonchev–Trinajstić information content (AvgIpc) is 2.48. The minimum atomic E-state index is -0.920. The van der Waals surface area contributed by atoms with Crippen molar-refractivity contribution in [1.29, 1.82) is 0 Å². The van der Waals surface area contributed by atoms with Crippen LogP contribution in [0, 0.1) is 11.6 Å². The summed E-state index contributed by atoms with van der Waals surface area (Å²) in [5, 5.41) is 0. The number of hydrogen-bond donors (Lipinski definition) is 1. The maximum Gasteiger partial charge on any atom is 0.162 e. The van der Waals surface area contributed by atoms with Crippen molar-refractivity contribution in [2.45, 2.75) is 6.04 Å². The van der Waals surface area contributed by atoms with Gasteiger partial charge in [-0.1, -0.05) is 22.0 Å². The Balaban J connectivity index is 2.00. The van der Waals surface area contributed by atoms with Crippen LogP contribution in [-0.2, 0) is 0 Å². The van der Waals surface area contributed by atoms with Crippen LogP contribution in [0.15, 0.2) is 34.8 Å². The molecule has 1 heterocycles. The lowest BCUT2D eigenvalue weighted by Gasteiger charge is -2.22. The van der Waals surface area contributed by atoms with Gasteiger partial charge in [-0.15, -0.1) is 0 Å². The summed E-state index contributed by atoms with van der Waals surface area (Å²) < 4.78 is 38.1. The van der Waals surface area contributed by atoms with Crippen molar-refractivity contribution in [3.05, 3.63) is 57.6 Å². The highest BCUT2D eigenvalue weighted by Crippen LogP contribution is 2.38. The van der Waals surface area contributed by atoms with E-state index in [1.807, 2.05) is 0 Å². The van der Waals surface area contributed by atoms with E-state index in [9.17, 15) is 8.78 Å². The summed E-state index contributed by atoms with van der Waals surface area (Å²) in [6, 6.07) is 6.55. The predicted octanol–water partition coefficient (Wildman–Crippen LogP) is 3.55. The molecule has 3 rings (SSSR count). The molecular formula is C15H12BrF2NO2. The molecular weight excluding hydrogens is 344 g/mol. The van der Waals surface area contributed by atoms with Crippen LogP contribution in [0.3, 0.4) is 0 Å². The molecule has 1 aliphatic heterocycles. The fourth-order valence-corrected chi connectivity index (χ4v) is 2.77. The van der Waals surface area contributed by atoms with Gasteiger partial charge in [-0.3, -0.25) is 0 Å². The maximum atomic E-state index is 13.3. The number of nitrogens with two attached hydrogens (primary N) is 1. The second-order valence-corrected chi connectivity index (χ2v) is 5.52. The highest BCUT2D eigenvalue weighted by atomic mass is 79.9. The van der Waals surface area contributed by atoms with E-state index < -0.39 is 17.7 Å². The van der Waals surface area contributed by atoms with Crippen molar-refractivity contribution in [2.75, 3.05) is 13.2 Å². The topological polar surface area (TPSA) is 44.5 Å². The number of ether oxygens (including phenoxy) is 2. The molecule has 0 fully saturated rings. The highest BCUT2D eigenvalue weighted by Gasteiger charge is 2.20. The smallest absolute Gasteiger partial charge is 0.162 e. The van der Waals surface area contributed by atoms with E-state index in [0.717, 1.165) is 16.6 Å². The third-order valence-corrected chi connectivity index (χ3v) is 3.99. The average molecular weight is 356 g/mol. The summed E-state index contributed by atoms with van der Waals surface area (Å²) in [7, 11) is 0. The van der Waals surface area contributed by atoms with Gasteiger partial charge in [0, 0.05) is 4.47 Å². The monoisotopic (exact) mass is 355 g/mol. The van der Waals surface area contributed by atoms with Gasteiger partial charge in [0.2, 0.25) is 0 Å². The summed E-state index contributed by atoms with van der Waals surface area (Å²) >= 11 is 3.42. The molecule has 0 aromatic heterocycles. The molecule has 3 nitrogen and oxygen atoms in total. The largest absolute Gasteiger partial charge is 0.486 e. The number of rotatable bonds is 2. The minimum Gasteiger partial charge on any atom is -0.486 e. The van der Waals surface area contributed by atoms with Crippen LogP contribution in [0.4, 0.5) is 8.78 Å². The first kappa shape index (κ1) is 14.3. The van der Waals surface area contributed by atoms with Crippen LogP contribution in [0.2, 0.25) is 0 Å². The molecule has 2 aromatic rings. The van der Waals surface area contributed by atoms with E-state index in [1.165, 1.54) is 6.07 Å². The van der Waals surface area contributed by atoms with E-state index >= 15 is 0 Å². The lowest BCUT2D eigenvalue weighted by atomic mass is 9.99. The van der Waals surface area contributed by atoms with Crippen LogP contribution in [-0.4, -0.2) is 13.2 Å². The van der Waals surface area contributed by atoms with Crippen LogP contribution in [0.25, 0.3) is 0 Å². The SMILES string of the molecule is NC(c1ccc(F)c(F)c1)c1cc2c(cc1Br)OCCO2. The standard InChI is InChI=1S/C15H12BrF2NO2/c16-10-7-14-13(20-3-4-21-14)6-9(10)15(19)8-1-2-11(17)12(18)5-8/h1-2,5-7,15H,3-4,19H2. The summed E-state index contributed by atoms with van der Waals surface area (Å²) in [6.07, 6.45) is 0. The van der Waals surface area contributed by atoms with E-state index in [0.29, 0.717) is 35.8 Å². The molecule has 0 saturated heterocycles. The summed E-state index contributed by atoms with van der Waals surface area (Å²) in [5.41, 5.74) is 7.34. The van der Waals surface area contributed by atoms with Gasteiger partial charge in [0.15, 0.2) is 23.1 Å². The zero-order valence-electron chi connectivity index (χ0n) is 10.9. The van der Waals surface area contributed by atoms with E-state index in [2.05, 4.69) is 15.9 Å². The molecule has 2 aromatic carbocycles. The van der Waals surface area contributed by atoms with Crippen LogP contribution >= 0.6 is 15.9 Å². The molecule has 1 atom stereocenters. The van der Waals surface area contributed by atoms with E-state index in [-0.39, 0.29) is 0 Å². The van der Waals surface area contributed by atoms with Gasteiger partial charge in [0.25, 0.3) is 0 Å². The molecule has 0 spiro atoms. The van der Waals surface area contributed by atoms with Gasteiger partial charge in [-0.2, -0.15) is 0 Å². The molecule has 6 heteroatoms. The molecule has 0 bridgehead atoms. The third kappa shape index (κ3) is 2.73. The van der Waals surface area contributed by atoms with Gasteiger partial charge < -0.3 is 15.2 Å². The summed E-state index contributed by atoms with van der Waals surface area (Å²) in [4.78, 5) is 0. The molecule has 21 heavy (non-hydrogen) atoms. The Labute approximate surface area is 128 Å². The maximum absolute atomic E-state index is 13.3. The molecule has 0 aliphatic carbocycles. The van der Waals surface area contributed by atoms with Crippen LogP contribution in [0.5, 0.6) is 11.5 Å². The van der Waals surface area contributed by atoms with Gasteiger partial charge in [0.1, 0.15) is 13.2 Å². The van der Waals surface area contributed by atoms with Crippen LogP contribution < -0.4 is 15.2 Å². The summed E-state index contributed by atoms with van der Waals surface area (Å²) in [5.74, 6) is -0.587. The lowest BCUT2D eigenvalue weighted by molar-refractivity contribution is 0.171. The Kier molecular flexibility index (Phi) is 3.82. The molecule has 0 radical (unpaired) electrons. The van der Waals surface area contributed by atoms with Gasteiger partial charge in [0.05, 0.1) is 6.04 Å².